The van der Waals surface area contributed by atoms with Gasteiger partial charge in [-0.3, -0.25) is 0 Å². The first kappa shape index (κ1) is 18.7. The Labute approximate surface area is 138 Å². The summed E-state index contributed by atoms with van der Waals surface area (Å²) in [6.07, 6.45) is -2.57. The Morgan fingerprint density at radius 3 is 2.55 bits per heavy atom. The van der Waals surface area contributed by atoms with E-state index in [1.54, 1.807) is 20.8 Å². The van der Waals surface area contributed by atoms with Gasteiger partial charge in [0, 0.05) is 6.54 Å². The maximum absolute atomic E-state index is 11.5. The standard InChI is InChI=1S/C15H22BrNO5/c1-15(2,3)22-14(21)17-7-6-12(19)13(20)9-4-5-11(18)10(16)8-9/h4-5,8,12-13,18-20H,6-7H2,1-3H3,(H,17,21). The van der Waals surface area contributed by atoms with Gasteiger partial charge in [0.25, 0.3) is 0 Å². The van der Waals surface area contributed by atoms with Crippen molar-refractivity contribution in [2.75, 3.05) is 6.54 Å². The molecule has 0 aliphatic rings. The lowest BCUT2D eigenvalue weighted by Crippen LogP contribution is -2.34. The topological polar surface area (TPSA) is 99.0 Å². The summed E-state index contributed by atoms with van der Waals surface area (Å²) < 4.78 is 5.50. The lowest BCUT2D eigenvalue weighted by molar-refractivity contribution is 0.0122. The number of phenolic OH excluding ortho intramolecular Hbond substituents is 1. The first-order chi connectivity index (χ1) is 10.1. The van der Waals surface area contributed by atoms with Gasteiger partial charge < -0.3 is 25.4 Å². The number of hydrogen-bond donors (Lipinski definition) is 4. The molecular weight excluding hydrogens is 354 g/mol. The number of amides is 1. The molecule has 0 heterocycles. The highest BCUT2D eigenvalue weighted by Gasteiger charge is 2.20. The number of benzene rings is 1. The van der Waals surface area contributed by atoms with Crippen LogP contribution in [0.5, 0.6) is 5.75 Å². The molecule has 0 bridgehead atoms. The second kappa shape index (κ2) is 7.80. The molecule has 0 radical (unpaired) electrons. The summed E-state index contributed by atoms with van der Waals surface area (Å²) in [6, 6.07) is 4.48. The fourth-order valence-electron chi connectivity index (χ4n) is 1.72. The summed E-state index contributed by atoms with van der Waals surface area (Å²) in [5.74, 6) is 0.0528. The normalized spacial score (nSPS) is 14.3. The minimum Gasteiger partial charge on any atom is -0.507 e. The summed E-state index contributed by atoms with van der Waals surface area (Å²) in [4.78, 5) is 11.5. The van der Waals surface area contributed by atoms with E-state index in [2.05, 4.69) is 21.2 Å². The Bertz CT molecular complexity index is 515. The molecule has 124 valence electrons. The monoisotopic (exact) mass is 375 g/mol. The van der Waals surface area contributed by atoms with Gasteiger partial charge in [-0.2, -0.15) is 0 Å². The SMILES string of the molecule is CC(C)(C)OC(=O)NCCC(O)C(O)c1ccc(O)c(Br)c1. The molecule has 22 heavy (non-hydrogen) atoms. The molecule has 0 aromatic heterocycles. The van der Waals surface area contributed by atoms with Crippen molar-refractivity contribution in [1.29, 1.82) is 0 Å². The molecular formula is C15H22BrNO5. The number of phenols is 1. The van der Waals surface area contributed by atoms with Crippen molar-refractivity contribution in [2.45, 2.75) is 45.0 Å². The predicted octanol–water partition coefficient (Wildman–Crippen LogP) is 2.46. The van der Waals surface area contributed by atoms with Crippen LogP contribution in [0.3, 0.4) is 0 Å². The van der Waals surface area contributed by atoms with Gasteiger partial charge in [0.15, 0.2) is 0 Å². The van der Waals surface area contributed by atoms with Gasteiger partial charge in [-0.25, -0.2) is 4.79 Å². The highest BCUT2D eigenvalue weighted by molar-refractivity contribution is 9.10. The summed E-state index contributed by atoms with van der Waals surface area (Å²) in [6.45, 7) is 5.45. The van der Waals surface area contributed by atoms with Crippen LogP contribution in [0, 0.1) is 0 Å². The van der Waals surface area contributed by atoms with E-state index in [-0.39, 0.29) is 18.7 Å². The van der Waals surface area contributed by atoms with E-state index in [0.717, 1.165) is 0 Å². The van der Waals surface area contributed by atoms with Crippen molar-refractivity contribution in [3.63, 3.8) is 0 Å². The Kier molecular flexibility index (Phi) is 6.65. The van der Waals surface area contributed by atoms with Crippen LogP contribution in [0.1, 0.15) is 38.9 Å². The molecule has 1 amide bonds. The molecule has 0 saturated heterocycles. The van der Waals surface area contributed by atoms with Crippen LogP contribution < -0.4 is 5.32 Å². The second-order valence-corrected chi connectivity index (χ2v) is 6.79. The lowest BCUT2D eigenvalue weighted by Gasteiger charge is -2.21. The molecule has 2 atom stereocenters. The van der Waals surface area contributed by atoms with Gasteiger partial charge in [0.1, 0.15) is 17.5 Å². The number of aliphatic hydroxyl groups excluding tert-OH is 2. The van der Waals surface area contributed by atoms with Crippen LogP contribution in [0.4, 0.5) is 4.79 Å². The van der Waals surface area contributed by atoms with Gasteiger partial charge in [0.05, 0.1) is 10.6 Å². The van der Waals surface area contributed by atoms with E-state index in [1.165, 1.54) is 18.2 Å². The number of halogens is 1. The van der Waals surface area contributed by atoms with E-state index >= 15 is 0 Å². The van der Waals surface area contributed by atoms with E-state index in [1.807, 2.05) is 0 Å². The lowest BCUT2D eigenvalue weighted by atomic mass is 10.0. The van der Waals surface area contributed by atoms with Gasteiger partial charge in [-0.05, 0) is 60.8 Å². The van der Waals surface area contributed by atoms with Crippen LogP contribution in [0.2, 0.25) is 0 Å². The van der Waals surface area contributed by atoms with Crippen LogP contribution in [-0.4, -0.2) is 39.7 Å². The Hall–Kier alpha value is -1.31. The molecule has 1 rings (SSSR count). The maximum Gasteiger partial charge on any atom is 0.407 e. The molecule has 0 saturated carbocycles. The first-order valence-electron chi connectivity index (χ1n) is 6.91. The third kappa shape index (κ3) is 6.21. The van der Waals surface area contributed by atoms with Crippen molar-refractivity contribution in [2.24, 2.45) is 0 Å². The van der Waals surface area contributed by atoms with Crippen molar-refractivity contribution in [1.82, 2.24) is 5.32 Å². The number of hydrogen-bond acceptors (Lipinski definition) is 5. The molecule has 0 fully saturated rings. The van der Waals surface area contributed by atoms with E-state index in [0.29, 0.717) is 10.0 Å². The fraction of sp³-hybridized carbons (Fsp3) is 0.533. The van der Waals surface area contributed by atoms with Crippen LogP contribution in [0.15, 0.2) is 22.7 Å². The van der Waals surface area contributed by atoms with Crippen LogP contribution in [-0.2, 0) is 4.74 Å². The highest BCUT2D eigenvalue weighted by Crippen LogP contribution is 2.28. The number of aromatic hydroxyl groups is 1. The third-order valence-corrected chi connectivity index (χ3v) is 3.42. The fourth-order valence-corrected chi connectivity index (χ4v) is 2.12. The molecule has 6 nitrogen and oxygen atoms in total. The summed E-state index contributed by atoms with van der Waals surface area (Å²) >= 11 is 3.15. The maximum atomic E-state index is 11.5. The minimum absolute atomic E-state index is 0.0528. The molecule has 7 heteroatoms. The highest BCUT2D eigenvalue weighted by atomic mass is 79.9. The van der Waals surface area contributed by atoms with Crippen molar-refractivity contribution in [3.05, 3.63) is 28.2 Å². The van der Waals surface area contributed by atoms with Gasteiger partial charge in [-0.1, -0.05) is 6.07 Å². The Morgan fingerprint density at radius 2 is 2.00 bits per heavy atom. The molecule has 0 aliphatic heterocycles. The predicted molar refractivity (Wildman–Crippen MR) is 85.6 cm³/mol. The quantitative estimate of drug-likeness (QED) is 0.633. The van der Waals surface area contributed by atoms with E-state index < -0.39 is 23.9 Å². The zero-order valence-electron chi connectivity index (χ0n) is 12.8. The molecule has 1 aromatic rings. The smallest absolute Gasteiger partial charge is 0.407 e. The summed E-state index contributed by atoms with van der Waals surface area (Å²) in [7, 11) is 0. The molecule has 2 unspecified atom stereocenters. The zero-order chi connectivity index (χ0) is 16.9. The molecule has 0 aliphatic carbocycles. The average molecular weight is 376 g/mol. The number of alkyl carbamates (subject to hydrolysis) is 1. The van der Waals surface area contributed by atoms with Crippen LogP contribution >= 0.6 is 15.9 Å². The van der Waals surface area contributed by atoms with Crippen molar-refractivity contribution >= 4 is 22.0 Å². The van der Waals surface area contributed by atoms with E-state index in [4.69, 9.17) is 4.74 Å². The number of nitrogens with one attached hydrogen (secondary N) is 1. The second-order valence-electron chi connectivity index (χ2n) is 5.94. The molecule has 1 aromatic carbocycles. The van der Waals surface area contributed by atoms with Gasteiger partial charge in [-0.15, -0.1) is 0 Å². The molecule has 4 N–H and O–H groups in total. The first-order valence-corrected chi connectivity index (χ1v) is 7.71. The third-order valence-electron chi connectivity index (χ3n) is 2.79. The number of aliphatic hydroxyl groups is 2. The van der Waals surface area contributed by atoms with Gasteiger partial charge >= 0.3 is 6.09 Å². The zero-order valence-corrected chi connectivity index (χ0v) is 14.4. The largest absolute Gasteiger partial charge is 0.507 e. The Morgan fingerprint density at radius 1 is 1.36 bits per heavy atom. The Balaban J connectivity index is 2.46. The summed E-state index contributed by atoms with van der Waals surface area (Å²) in [5, 5.41) is 31.9. The summed E-state index contributed by atoms with van der Waals surface area (Å²) in [5.41, 5.74) is -0.116. The number of carbonyl (C=O) groups is 1. The van der Waals surface area contributed by atoms with Crippen molar-refractivity contribution < 1.29 is 24.9 Å². The minimum atomic E-state index is -1.11. The van der Waals surface area contributed by atoms with Crippen molar-refractivity contribution in [3.8, 4) is 5.75 Å². The van der Waals surface area contributed by atoms with Crippen LogP contribution in [0.25, 0.3) is 0 Å². The average Bonchev–Trinajstić information content (AvgIpc) is 2.38. The number of rotatable bonds is 5. The number of ether oxygens (including phenoxy) is 1. The molecule has 0 spiro atoms. The number of carbonyl (C=O) groups excluding carboxylic acids is 1. The van der Waals surface area contributed by atoms with Gasteiger partial charge in [0.2, 0.25) is 0 Å². The van der Waals surface area contributed by atoms with E-state index in [9.17, 15) is 20.1 Å².